The Labute approximate surface area is 182 Å². The van der Waals surface area contributed by atoms with Crippen LogP contribution in [0.3, 0.4) is 0 Å². The summed E-state index contributed by atoms with van der Waals surface area (Å²) >= 11 is 1.76. The second-order valence-electron chi connectivity index (χ2n) is 8.25. The van der Waals surface area contributed by atoms with E-state index in [0.29, 0.717) is 5.92 Å². The van der Waals surface area contributed by atoms with E-state index in [1.807, 2.05) is 35.2 Å². The molecule has 3 aromatic rings. The van der Waals surface area contributed by atoms with Crippen LogP contribution in [0.25, 0.3) is 10.2 Å². The molecule has 5 nitrogen and oxygen atoms in total. The van der Waals surface area contributed by atoms with Crippen LogP contribution in [0, 0.1) is 5.92 Å². The van der Waals surface area contributed by atoms with Crippen molar-refractivity contribution in [2.45, 2.75) is 38.6 Å². The molecular formula is C24H29N3O2S. The van der Waals surface area contributed by atoms with E-state index in [1.165, 1.54) is 4.70 Å². The average molecular weight is 424 g/mol. The number of para-hydroxylation sites is 1. The van der Waals surface area contributed by atoms with Crippen molar-refractivity contribution in [3.63, 3.8) is 0 Å². The van der Waals surface area contributed by atoms with Gasteiger partial charge in [0, 0.05) is 19.0 Å². The summed E-state index contributed by atoms with van der Waals surface area (Å²) in [6.07, 6.45) is 2.08. The monoisotopic (exact) mass is 423 g/mol. The molecule has 4 rings (SSSR count). The molecule has 1 aliphatic rings. The van der Waals surface area contributed by atoms with Gasteiger partial charge in [0.15, 0.2) is 0 Å². The Morgan fingerprint density at radius 1 is 1.20 bits per heavy atom. The van der Waals surface area contributed by atoms with Gasteiger partial charge in [-0.1, -0.05) is 38.1 Å². The molecule has 0 bridgehead atoms. The number of nitrogens with one attached hydrogen (secondary N) is 1. The SMILES string of the molecule is COc1ccc(C(NC(=O)N2CCCC(c3nc4ccccc4s3)C2)C(C)C)cc1. The highest BCUT2D eigenvalue weighted by Gasteiger charge is 2.29. The number of likely N-dealkylation sites (tertiary alicyclic amines) is 1. The standard InChI is InChI=1S/C24H29N3O2S/c1-16(2)22(17-10-12-19(29-3)13-11-17)26-24(28)27-14-6-7-18(15-27)23-25-20-8-4-5-9-21(20)30-23/h4-5,8-13,16,18,22H,6-7,14-15H2,1-3H3,(H,26,28). The van der Waals surface area contributed by atoms with Crippen molar-refractivity contribution in [3.05, 3.63) is 59.1 Å². The zero-order valence-corrected chi connectivity index (χ0v) is 18.6. The van der Waals surface area contributed by atoms with E-state index >= 15 is 0 Å². The van der Waals surface area contributed by atoms with Crippen LogP contribution in [-0.4, -0.2) is 36.1 Å². The minimum absolute atomic E-state index is 0.00956. The third kappa shape index (κ3) is 4.43. The molecule has 2 unspecified atom stereocenters. The predicted octanol–water partition coefficient (Wildman–Crippen LogP) is 5.59. The van der Waals surface area contributed by atoms with Crippen molar-refractivity contribution in [2.24, 2.45) is 5.92 Å². The van der Waals surface area contributed by atoms with Crippen LogP contribution in [-0.2, 0) is 0 Å². The fraction of sp³-hybridized carbons (Fsp3) is 0.417. The number of aromatic nitrogens is 1. The number of benzene rings is 2. The lowest BCUT2D eigenvalue weighted by Crippen LogP contribution is -2.46. The second-order valence-corrected chi connectivity index (χ2v) is 9.31. The number of methoxy groups -OCH3 is 1. The quantitative estimate of drug-likeness (QED) is 0.582. The first kappa shape index (κ1) is 20.7. The maximum absolute atomic E-state index is 13.1. The molecule has 2 atom stereocenters. The van der Waals surface area contributed by atoms with Gasteiger partial charge in [0.2, 0.25) is 0 Å². The summed E-state index contributed by atoms with van der Waals surface area (Å²) in [6, 6.07) is 16.2. The summed E-state index contributed by atoms with van der Waals surface area (Å²) in [4.78, 5) is 19.9. The fourth-order valence-corrected chi connectivity index (χ4v) is 5.19. The number of fused-ring (bicyclic) bond motifs is 1. The largest absolute Gasteiger partial charge is 0.497 e. The van der Waals surface area contributed by atoms with Crippen molar-refractivity contribution in [2.75, 3.05) is 20.2 Å². The highest BCUT2D eigenvalue weighted by Crippen LogP contribution is 2.33. The summed E-state index contributed by atoms with van der Waals surface area (Å²) in [5.41, 5.74) is 2.15. The molecule has 2 aromatic carbocycles. The lowest BCUT2D eigenvalue weighted by Gasteiger charge is -2.34. The Kier molecular flexibility index (Phi) is 6.23. The highest BCUT2D eigenvalue weighted by molar-refractivity contribution is 7.18. The van der Waals surface area contributed by atoms with Crippen LogP contribution in [0.4, 0.5) is 4.79 Å². The van der Waals surface area contributed by atoms with E-state index < -0.39 is 0 Å². The molecule has 6 heteroatoms. The Morgan fingerprint density at radius 3 is 2.67 bits per heavy atom. The third-order valence-electron chi connectivity index (χ3n) is 5.79. The minimum Gasteiger partial charge on any atom is -0.497 e. The smallest absolute Gasteiger partial charge is 0.317 e. The van der Waals surface area contributed by atoms with Crippen molar-refractivity contribution in [3.8, 4) is 5.75 Å². The van der Waals surface area contributed by atoms with Crippen molar-refractivity contribution in [1.29, 1.82) is 0 Å². The Balaban J connectivity index is 1.46. The average Bonchev–Trinajstić information content (AvgIpc) is 3.22. The number of thiazole rings is 1. The van der Waals surface area contributed by atoms with Gasteiger partial charge in [0.05, 0.1) is 28.4 Å². The van der Waals surface area contributed by atoms with Gasteiger partial charge in [-0.3, -0.25) is 0 Å². The van der Waals surface area contributed by atoms with Crippen molar-refractivity contribution < 1.29 is 9.53 Å². The summed E-state index contributed by atoms with van der Waals surface area (Å²) in [7, 11) is 1.66. The molecule has 0 radical (unpaired) electrons. The molecule has 1 aromatic heterocycles. The van der Waals surface area contributed by atoms with Crippen LogP contribution < -0.4 is 10.1 Å². The molecule has 2 amide bonds. The van der Waals surface area contributed by atoms with E-state index in [9.17, 15) is 4.79 Å². The molecule has 1 aliphatic heterocycles. The van der Waals surface area contributed by atoms with Crippen LogP contribution in [0.15, 0.2) is 48.5 Å². The van der Waals surface area contributed by atoms with Gasteiger partial charge in [0.1, 0.15) is 5.75 Å². The van der Waals surface area contributed by atoms with E-state index in [-0.39, 0.29) is 18.0 Å². The molecule has 1 saturated heterocycles. The van der Waals surface area contributed by atoms with Gasteiger partial charge in [-0.15, -0.1) is 11.3 Å². The lowest BCUT2D eigenvalue weighted by atomic mass is 9.95. The third-order valence-corrected chi connectivity index (χ3v) is 6.99. The summed E-state index contributed by atoms with van der Waals surface area (Å²) in [5, 5.41) is 4.41. The Hall–Kier alpha value is -2.60. The molecule has 1 N–H and O–H groups in total. The lowest BCUT2D eigenvalue weighted by molar-refractivity contribution is 0.172. The van der Waals surface area contributed by atoms with E-state index in [0.717, 1.165) is 47.8 Å². The number of nitrogens with zero attached hydrogens (tertiary/aromatic N) is 2. The molecule has 2 heterocycles. The minimum atomic E-state index is -0.0359. The molecular weight excluding hydrogens is 394 g/mol. The van der Waals surface area contributed by atoms with Gasteiger partial charge >= 0.3 is 6.03 Å². The van der Waals surface area contributed by atoms with Gasteiger partial charge in [-0.2, -0.15) is 0 Å². The predicted molar refractivity (Wildman–Crippen MR) is 122 cm³/mol. The highest BCUT2D eigenvalue weighted by atomic mass is 32.1. The Morgan fingerprint density at radius 2 is 1.97 bits per heavy atom. The van der Waals surface area contributed by atoms with Gasteiger partial charge in [-0.05, 0) is 48.6 Å². The van der Waals surface area contributed by atoms with E-state index in [4.69, 9.17) is 9.72 Å². The van der Waals surface area contributed by atoms with Crippen molar-refractivity contribution in [1.82, 2.24) is 15.2 Å². The Bertz CT molecular complexity index is 966. The number of ether oxygens (including phenoxy) is 1. The molecule has 0 saturated carbocycles. The van der Waals surface area contributed by atoms with Gasteiger partial charge in [-0.25, -0.2) is 9.78 Å². The second kappa shape index (κ2) is 9.04. The zero-order chi connectivity index (χ0) is 21.1. The van der Waals surface area contributed by atoms with Gasteiger partial charge in [0.25, 0.3) is 0 Å². The summed E-state index contributed by atoms with van der Waals surface area (Å²) < 4.78 is 6.48. The number of piperidine rings is 1. The maximum atomic E-state index is 13.1. The number of carbonyl (C=O) groups is 1. The summed E-state index contributed by atoms with van der Waals surface area (Å²) in [5.74, 6) is 1.41. The molecule has 1 fully saturated rings. The number of rotatable bonds is 5. The molecule has 158 valence electrons. The number of urea groups is 1. The first-order valence-electron chi connectivity index (χ1n) is 10.6. The normalized spacial score (nSPS) is 17.9. The molecule has 0 spiro atoms. The number of hydrogen-bond acceptors (Lipinski definition) is 4. The van der Waals surface area contributed by atoms with Crippen LogP contribution in [0.1, 0.15) is 49.2 Å². The van der Waals surface area contributed by atoms with Crippen LogP contribution in [0.2, 0.25) is 0 Å². The number of amides is 2. The molecule has 30 heavy (non-hydrogen) atoms. The van der Waals surface area contributed by atoms with Crippen molar-refractivity contribution >= 4 is 27.6 Å². The molecule has 0 aliphatic carbocycles. The van der Waals surface area contributed by atoms with Gasteiger partial charge < -0.3 is 15.0 Å². The van der Waals surface area contributed by atoms with E-state index in [2.05, 4.69) is 37.4 Å². The summed E-state index contributed by atoms with van der Waals surface area (Å²) in [6.45, 7) is 5.78. The van der Waals surface area contributed by atoms with Crippen LogP contribution >= 0.6 is 11.3 Å². The number of hydrogen-bond donors (Lipinski definition) is 1. The first-order chi connectivity index (χ1) is 14.5. The number of carbonyl (C=O) groups excluding carboxylic acids is 1. The topological polar surface area (TPSA) is 54.5 Å². The van der Waals surface area contributed by atoms with E-state index in [1.54, 1.807) is 18.4 Å². The fourth-order valence-electron chi connectivity index (χ4n) is 4.10. The van der Waals surface area contributed by atoms with Crippen LogP contribution in [0.5, 0.6) is 5.75 Å². The first-order valence-corrected chi connectivity index (χ1v) is 11.4. The maximum Gasteiger partial charge on any atom is 0.317 e. The zero-order valence-electron chi connectivity index (χ0n) is 17.8.